The van der Waals surface area contributed by atoms with Crippen molar-refractivity contribution in [1.82, 2.24) is 14.5 Å². The highest BCUT2D eigenvalue weighted by atomic mass is 16.5. The van der Waals surface area contributed by atoms with Crippen molar-refractivity contribution < 1.29 is 4.74 Å². The third kappa shape index (κ3) is 2.97. The molecule has 0 radical (unpaired) electrons. The minimum atomic E-state index is -0.135. The Labute approximate surface area is 172 Å². The number of aromatic nitrogens is 3. The second kappa shape index (κ2) is 7.37. The van der Waals surface area contributed by atoms with Crippen molar-refractivity contribution in [2.45, 2.75) is 0 Å². The molecule has 0 spiro atoms. The number of rotatable bonds is 4. The summed E-state index contributed by atoms with van der Waals surface area (Å²) < 4.78 is 7.12. The average Bonchev–Trinajstić information content (AvgIpc) is 3.21. The summed E-state index contributed by atoms with van der Waals surface area (Å²) in [5, 5.41) is 1.67. The number of hydrogen-bond donors (Lipinski definition) is 1. The molecule has 5 heteroatoms. The van der Waals surface area contributed by atoms with Crippen molar-refractivity contribution in [3.63, 3.8) is 0 Å². The molecule has 2 aromatic heterocycles. The van der Waals surface area contributed by atoms with E-state index in [-0.39, 0.29) is 5.56 Å². The number of hydrogen-bond acceptors (Lipinski definition) is 3. The summed E-state index contributed by atoms with van der Waals surface area (Å²) in [6.45, 7) is 0. The van der Waals surface area contributed by atoms with Crippen LogP contribution in [-0.2, 0) is 0 Å². The second-order valence-electron chi connectivity index (χ2n) is 6.92. The summed E-state index contributed by atoms with van der Waals surface area (Å²) in [5.41, 5.74) is 3.27. The number of benzene rings is 3. The summed E-state index contributed by atoms with van der Waals surface area (Å²) in [6, 6.07) is 22.9. The Morgan fingerprint density at radius 2 is 1.63 bits per heavy atom. The molecule has 5 rings (SSSR count). The lowest BCUT2D eigenvalue weighted by atomic mass is 10.1. The number of ether oxygens (including phenoxy) is 1. The van der Waals surface area contributed by atoms with Crippen molar-refractivity contribution in [3.05, 3.63) is 101 Å². The van der Waals surface area contributed by atoms with Crippen LogP contribution in [0.3, 0.4) is 0 Å². The van der Waals surface area contributed by atoms with Gasteiger partial charge in [0.1, 0.15) is 11.6 Å². The molecule has 2 heterocycles. The van der Waals surface area contributed by atoms with Crippen molar-refractivity contribution in [2.75, 3.05) is 7.11 Å². The zero-order valence-corrected chi connectivity index (χ0v) is 16.4. The van der Waals surface area contributed by atoms with Crippen molar-refractivity contribution in [1.29, 1.82) is 0 Å². The highest BCUT2D eigenvalue weighted by Crippen LogP contribution is 2.25. The van der Waals surface area contributed by atoms with Gasteiger partial charge in [-0.25, -0.2) is 4.98 Å². The first-order valence-corrected chi connectivity index (χ1v) is 9.65. The molecule has 30 heavy (non-hydrogen) atoms. The van der Waals surface area contributed by atoms with Gasteiger partial charge in [-0.15, -0.1) is 0 Å². The van der Waals surface area contributed by atoms with Gasteiger partial charge in [0.05, 0.1) is 23.7 Å². The van der Waals surface area contributed by atoms with E-state index in [1.54, 1.807) is 17.7 Å². The molecule has 5 nitrogen and oxygen atoms in total. The Bertz CT molecular complexity index is 1460. The number of nitrogens with one attached hydrogen (secondary N) is 1. The lowest BCUT2D eigenvalue weighted by Crippen LogP contribution is -2.22. The Hall–Kier alpha value is -4.12. The normalized spacial score (nSPS) is 11.5. The highest BCUT2D eigenvalue weighted by molar-refractivity contribution is 5.91. The van der Waals surface area contributed by atoms with Crippen molar-refractivity contribution in [3.8, 4) is 11.4 Å². The Morgan fingerprint density at radius 3 is 2.50 bits per heavy atom. The molecule has 3 aromatic carbocycles. The molecule has 0 atom stereocenters. The number of H-pyrrole nitrogens is 1. The second-order valence-corrected chi connectivity index (χ2v) is 6.92. The van der Waals surface area contributed by atoms with Gasteiger partial charge >= 0.3 is 0 Å². The van der Waals surface area contributed by atoms with Crippen LogP contribution in [0.1, 0.15) is 11.4 Å². The van der Waals surface area contributed by atoms with Crippen LogP contribution in [0.4, 0.5) is 0 Å². The molecule has 0 aliphatic heterocycles. The molecule has 146 valence electrons. The first kappa shape index (κ1) is 17.9. The lowest BCUT2D eigenvalue weighted by molar-refractivity contribution is 0.412. The van der Waals surface area contributed by atoms with Crippen molar-refractivity contribution in [2.24, 2.45) is 0 Å². The summed E-state index contributed by atoms with van der Waals surface area (Å²) in [7, 11) is 1.60. The number of nitrogens with zero attached hydrogens (tertiary/aromatic N) is 2. The quantitative estimate of drug-likeness (QED) is 0.465. The standard InChI is InChI=1S/C25H19N3O2/c1-30-23-13-7-6-12-22(23)28-24(27-21-11-5-3-9-19(21)25(28)29)15-14-17-16-26-20-10-4-2-8-18(17)20/h2-16,26H,1H3. The van der Waals surface area contributed by atoms with Gasteiger partial charge in [0, 0.05) is 17.1 Å². The van der Waals surface area contributed by atoms with Crippen LogP contribution in [0.5, 0.6) is 5.75 Å². The van der Waals surface area contributed by atoms with Gasteiger partial charge < -0.3 is 9.72 Å². The highest BCUT2D eigenvalue weighted by Gasteiger charge is 2.14. The fourth-order valence-corrected chi connectivity index (χ4v) is 3.71. The van der Waals surface area contributed by atoms with Crippen LogP contribution in [0, 0.1) is 0 Å². The van der Waals surface area contributed by atoms with E-state index < -0.39 is 0 Å². The number of fused-ring (bicyclic) bond motifs is 2. The molecular weight excluding hydrogens is 374 g/mol. The molecule has 5 aromatic rings. The van der Waals surface area contributed by atoms with Gasteiger partial charge in [-0.3, -0.25) is 9.36 Å². The molecule has 0 fully saturated rings. The third-order valence-corrected chi connectivity index (χ3v) is 5.16. The van der Waals surface area contributed by atoms with Crippen LogP contribution in [0.15, 0.2) is 83.8 Å². The topological polar surface area (TPSA) is 59.9 Å². The first-order chi connectivity index (χ1) is 14.8. The van der Waals surface area contributed by atoms with Crippen LogP contribution < -0.4 is 10.3 Å². The van der Waals surface area contributed by atoms with Crippen LogP contribution in [0.2, 0.25) is 0 Å². The van der Waals surface area contributed by atoms with Gasteiger partial charge in [0.2, 0.25) is 0 Å². The summed E-state index contributed by atoms with van der Waals surface area (Å²) in [5.74, 6) is 1.15. The van der Waals surface area contributed by atoms with Gasteiger partial charge in [0.25, 0.3) is 5.56 Å². The van der Waals surface area contributed by atoms with Gasteiger partial charge in [0.15, 0.2) is 0 Å². The smallest absolute Gasteiger partial charge is 0.266 e. The molecule has 0 aliphatic rings. The van der Waals surface area contributed by atoms with E-state index in [0.717, 1.165) is 16.5 Å². The number of aromatic amines is 1. The summed E-state index contributed by atoms with van der Waals surface area (Å²) in [4.78, 5) is 21.5. The Morgan fingerprint density at radius 1 is 0.900 bits per heavy atom. The van der Waals surface area contributed by atoms with Crippen LogP contribution in [-0.4, -0.2) is 21.6 Å². The fourth-order valence-electron chi connectivity index (χ4n) is 3.71. The van der Waals surface area contributed by atoms with Gasteiger partial charge in [-0.2, -0.15) is 0 Å². The van der Waals surface area contributed by atoms with Crippen LogP contribution >= 0.6 is 0 Å². The van der Waals surface area contributed by atoms with E-state index >= 15 is 0 Å². The van der Waals surface area contributed by atoms with Gasteiger partial charge in [-0.1, -0.05) is 42.5 Å². The largest absolute Gasteiger partial charge is 0.495 e. The maximum Gasteiger partial charge on any atom is 0.266 e. The van der Waals surface area contributed by atoms with E-state index in [0.29, 0.717) is 28.2 Å². The first-order valence-electron chi connectivity index (χ1n) is 9.65. The third-order valence-electron chi connectivity index (χ3n) is 5.16. The molecule has 0 bridgehead atoms. The van der Waals surface area contributed by atoms with Gasteiger partial charge in [-0.05, 0) is 48.0 Å². The van der Waals surface area contributed by atoms with E-state index in [1.807, 2.05) is 79.0 Å². The minimum absolute atomic E-state index is 0.135. The molecule has 0 unspecified atom stereocenters. The van der Waals surface area contributed by atoms with E-state index in [9.17, 15) is 4.79 Å². The molecule has 1 N–H and O–H groups in total. The number of para-hydroxylation sites is 4. The van der Waals surface area contributed by atoms with Crippen molar-refractivity contribution >= 4 is 34.0 Å². The zero-order chi connectivity index (χ0) is 20.5. The SMILES string of the molecule is COc1ccccc1-n1c(C=Cc2c[nH]c3ccccc23)nc2ccccc2c1=O. The molecule has 0 amide bonds. The maximum absolute atomic E-state index is 13.4. The van der Waals surface area contributed by atoms with E-state index in [1.165, 1.54) is 0 Å². The molecule has 0 saturated carbocycles. The lowest BCUT2D eigenvalue weighted by Gasteiger charge is -2.14. The maximum atomic E-state index is 13.4. The Balaban J connectivity index is 1.75. The predicted octanol–water partition coefficient (Wildman–Crippen LogP) is 5.05. The average molecular weight is 393 g/mol. The van der Waals surface area contributed by atoms with E-state index in [4.69, 9.17) is 9.72 Å². The monoisotopic (exact) mass is 393 g/mol. The molecular formula is C25H19N3O2. The van der Waals surface area contributed by atoms with Crippen LogP contribution in [0.25, 0.3) is 39.6 Å². The fraction of sp³-hybridized carbons (Fsp3) is 0.0400. The minimum Gasteiger partial charge on any atom is -0.495 e. The predicted molar refractivity (Wildman–Crippen MR) is 121 cm³/mol. The summed E-state index contributed by atoms with van der Waals surface area (Å²) in [6.07, 6.45) is 5.80. The number of methoxy groups -OCH3 is 1. The van der Waals surface area contributed by atoms with E-state index in [2.05, 4.69) is 11.1 Å². The Kier molecular flexibility index (Phi) is 4.41. The molecule has 0 aliphatic carbocycles. The molecule has 0 saturated heterocycles. The zero-order valence-electron chi connectivity index (χ0n) is 16.4. The summed E-state index contributed by atoms with van der Waals surface area (Å²) >= 11 is 0.